The van der Waals surface area contributed by atoms with Crippen LogP contribution < -0.4 is 21.3 Å². The van der Waals surface area contributed by atoms with Crippen molar-refractivity contribution in [3.05, 3.63) is 35.8 Å². The number of nitrogens with one attached hydrogen (secondary N) is 2. The van der Waals surface area contributed by atoms with Crippen LogP contribution in [0.1, 0.15) is 52.0 Å². The van der Waals surface area contributed by atoms with Gasteiger partial charge < -0.3 is 26.0 Å². The molecule has 1 aliphatic rings. The Balaban J connectivity index is 1.73. The number of hydrogen-bond donors (Lipinski definition) is 3. The van der Waals surface area contributed by atoms with Gasteiger partial charge in [-0.05, 0) is 51.0 Å². The first kappa shape index (κ1) is 24.7. The number of amides is 1. The van der Waals surface area contributed by atoms with Crippen LogP contribution in [-0.4, -0.2) is 47.2 Å². The number of benzene rings is 1. The summed E-state index contributed by atoms with van der Waals surface area (Å²) in [5.74, 6) is -0.683. The largest absolute Gasteiger partial charge is 0.372 e. The van der Waals surface area contributed by atoms with Gasteiger partial charge in [0.2, 0.25) is 11.9 Å². The molecular weight excluding hydrogens is 423 g/mol. The Hall–Kier alpha value is -2.94. The summed E-state index contributed by atoms with van der Waals surface area (Å²) in [6.45, 7) is 9.98. The second-order valence-corrected chi connectivity index (χ2v) is 8.83. The highest BCUT2D eigenvalue weighted by atomic mass is 19.1. The number of hydrogen-bond acceptors (Lipinski definition) is 7. The van der Waals surface area contributed by atoms with Gasteiger partial charge in [-0.1, -0.05) is 19.8 Å². The van der Waals surface area contributed by atoms with Gasteiger partial charge in [-0.3, -0.25) is 4.79 Å². The standard InChI is InChI=1S/C24H35FN6O2/c1-5-6-7-18(11-22(26)32)28-23-20(25)12-27-24(30-23)29-19-8-9-21(15(2)10-19)31-13-16(3)33-17(4)14-31/h8-10,12,16-18H,5-7,11,13-14H2,1-4H3,(H2,26,32)(H2,27,28,29,30). The molecule has 3 rings (SSSR count). The molecule has 33 heavy (non-hydrogen) atoms. The third-order valence-electron chi connectivity index (χ3n) is 5.65. The molecule has 9 heteroatoms. The van der Waals surface area contributed by atoms with E-state index in [9.17, 15) is 9.18 Å². The zero-order chi connectivity index (χ0) is 24.0. The van der Waals surface area contributed by atoms with Crippen LogP contribution in [0.4, 0.5) is 27.5 Å². The maximum atomic E-state index is 14.4. The van der Waals surface area contributed by atoms with Crippen LogP contribution >= 0.6 is 0 Å². The van der Waals surface area contributed by atoms with Crippen molar-refractivity contribution >= 4 is 29.0 Å². The van der Waals surface area contributed by atoms with E-state index in [1.165, 1.54) is 0 Å². The molecule has 3 atom stereocenters. The van der Waals surface area contributed by atoms with Gasteiger partial charge in [-0.15, -0.1) is 0 Å². The van der Waals surface area contributed by atoms with Gasteiger partial charge in [-0.25, -0.2) is 9.37 Å². The molecule has 1 saturated heterocycles. The van der Waals surface area contributed by atoms with E-state index in [0.29, 0.717) is 6.42 Å². The first-order valence-electron chi connectivity index (χ1n) is 11.6. The third-order valence-corrected chi connectivity index (χ3v) is 5.65. The maximum Gasteiger partial charge on any atom is 0.229 e. The number of ether oxygens (including phenoxy) is 1. The molecule has 3 unspecified atom stereocenters. The van der Waals surface area contributed by atoms with Gasteiger partial charge in [0.25, 0.3) is 0 Å². The number of rotatable bonds is 10. The number of halogens is 1. The predicted molar refractivity (Wildman–Crippen MR) is 129 cm³/mol. The summed E-state index contributed by atoms with van der Waals surface area (Å²) in [5.41, 5.74) is 8.44. The van der Waals surface area contributed by atoms with Crippen molar-refractivity contribution in [2.45, 2.75) is 71.6 Å². The highest BCUT2D eigenvalue weighted by Gasteiger charge is 2.23. The van der Waals surface area contributed by atoms with Crippen molar-refractivity contribution in [2.75, 3.05) is 28.6 Å². The van der Waals surface area contributed by atoms with E-state index in [-0.39, 0.29) is 36.4 Å². The van der Waals surface area contributed by atoms with Crippen molar-refractivity contribution < 1.29 is 13.9 Å². The van der Waals surface area contributed by atoms with Crippen LogP contribution in [0.25, 0.3) is 0 Å². The number of carbonyl (C=O) groups is 1. The Labute approximate surface area is 195 Å². The fourth-order valence-corrected chi connectivity index (χ4v) is 4.23. The summed E-state index contributed by atoms with van der Waals surface area (Å²) in [7, 11) is 0. The SMILES string of the molecule is CCCCC(CC(N)=O)Nc1nc(Nc2ccc(N3CC(C)OC(C)C3)c(C)c2)ncc1F. The van der Waals surface area contributed by atoms with Crippen LogP contribution in [0.15, 0.2) is 24.4 Å². The van der Waals surface area contributed by atoms with Gasteiger partial charge in [-0.2, -0.15) is 4.98 Å². The Morgan fingerprint density at radius 3 is 2.70 bits per heavy atom. The molecule has 8 nitrogen and oxygen atoms in total. The number of nitrogens with two attached hydrogens (primary N) is 1. The zero-order valence-electron chi connectivity index (χ0n) is 19.9. The molecule has 0 spiro atoms. The number of primary amides is 1. The second-order valence-electron chi connectivity index (χ2n) is 8.83. The maximum absolute atomic E-state index is 14.4. The summed E-state index contributed by atoms with van der Waals surface area (Å²) in [4.78, 5) is 22.1. The quantitative estimate of drug-likeness (QED) is 0.492. The zero-order valence-corrected chi connectivity index (χ0v) is 19.9. The van der Waals surface area contributed by atoms with Crippen LogP contribution in [0.2, 0.25) is 0 Å². The predicted octanol–water partition coefficient (Wildman–Crippen LogP) is 4.13. The Morgan fingerprint density at radius 1 is 1.33 bits per heavy atom. The van der Waals surface area contributed by atoms with Crippen molar-refractivity contribution in [3.63, 3.8) is 0 Å². The summed E-state index contributed by atoms with van der Waals surface area (Å²) >= 11 is 0. The molecule has 180 valence electrons. The first-order valence-corrected chi connectivity index (χ1v) is 11.6. The van der Waals surface area contributed by atoms with Crippen molar-refractivity contribution in [2.24, 2.45) is 5.73 Å². The van der Waals surface area contributed by atoms with E-state index in [1.54, 1.807) is 0 Å². The molecule has 2 heterocycles. The molecule has 0 radical (unpaired) electrons. The third kappa shape index (κ3) is 7.02. The van der Waals surface area contributed by atoms with E-state index in [2.05, 4.69) is 59.3 Å². The van der Waals surface area contributed by atoms with Crippen LogP contribution in [0, 0.1) is 12.7 Å². The minimum atomic E-state index is -0.575. The highest BCUT2D eigenvalue weighted by Crippen LogP contribution is 2.28. The second kappa shape index (κ2) is 11.3. The average Bonchev–Trinajstić information content (AvgIpc) is 2.73. The van der Waals surface area contributed by atoms with Crippen molar-refractivity contribution in [1.82, 2.24) is 9.97 Å². The van der Waals surface area contributed by atoms with Gasteiger partial charge in [0.05, 0.1) is 18.4 Å². The minimum Gasteiger partial charge on any atom is -0.372 e. The lowest BCUT2D eigenvalue weighted by molar-refractivity contribution is -0.118. The molecule has 0 saturated carbocycles. The summed E-state index contributed by atoms with van der Waals surface area (Å²) in [6, 6.07) is 5.78. The van der Waals surface area contributed by atoms with Gasteiger partial charge in [0.15, 0.2) is 11.6 Å². The highest BCUT2D eigenvalue weighted by molar-refractivity contribution is 5.75. The van der Waals surface area contributed by atoms with E-state index < -0.39 is 11.7 Å². The number of morpholine rings is 1. The fraction of sp³-hybridized carbons (Fsp3) is 0.542. The molecular formula is C24H35FN6O2. The number of aromatic nitrogens is 2. The van der Waals surface area contributed by atoms with E-state index in [4.69, 9.17) is 10.5 Å². The molecule has 1 amide bonds. The van der Waals surface area contributed by atoms with Crippen molar-refractivity contribution in [3.8, 4) is 0 Å². The van der Waals surface area contributed by atoms with Gasteiger partial charge in [0.1, 0.15) is 0 Å². The Bertz CT molecular complexity index is 947. The lowest BCUT2D eigenvalue weighted by atomic mass is 10.1. The minimum absolute atomic E-state index is 0.0551. The normalized spacial score (nSPS) is 19.2. The first-order chi connectivity index (χ1) is 15.7. The Kier molecular flexibility index (Phi) is 8.43. The molecule has 1 fully saturated rings. The van der Waals surface area contributed by atoms with E-state index >= 15 is 0 Å². The fourth-order valence-electron chi connectivity index (χ4n) is 4.23. The van der Waals surface area contributed by atoms with E-state index in [1.807, 2.05) is 12.1 Å². The lowest BCUT2D eigenvalue weighted by Crippen LogP contribution is -2.45. The number of unbranched alkanes of at least 4 members (excludes halogenated alkanes) is 1. The van der Waals surface area contributed by atoms with Crippen LogP contribution in [-0.2, 0) is 9.53 Å². The summed E-state index contributed by atoms with van der Waals surface area (Å²) in [6.07, 6.45) is 4.16. The summed E-state index contributed by atoms with van der Waals surface area (Å²) in [5, 5.41) is 6.18. The van der Waals surface area contributed by atoms with E-state index in [0.717, 1.165) is 49.1 Å². The van der Waals surface area contributed by atoms with Crippen molar-refractivity contribution in [1.29, 1.82) is 0 Å². The molecule has 0 aliphatic carbocycles. The topological polar surface area (TPSA) is 105 Å². The Morgan fingerprint density at radius 2 is 2.06 bits per heavy atom. The smallest absolute Gasteiger partial charge is 0.229 e. The number of aryl methyl sites for hydroxylation is 1. The van der Waals surface area contributed by atoms with Gasteiger partial charge >= 0.3 is 0 Å². The van der Waals surface area contributed by atoms with Crippen LogP contribution in [0.5, 0.6) is 0 Å². The number of anilines is 4. The van der Waals surface area contributed by atoms with Crippen LogP contribution in [0.3, 0.4) is 0 Å². The molecule has 1 aromatic heterocycles. The average molecular weight is 459 g/mol. The molecule has 1 aromatic carbocycles. The number of nitrogens with zero attached hydrogens (tertiary/aromatic N) is 3. The molecule has 2 aromatic rings. The summed E-state index contributed by atoms with van der Waals surface area (Å²) < 4.78 is 20.2. The number of carbonyl (C=O) groups excluding carboxylic acids is 1. The van der Waals surface area contributed by atoms with Gasteiger partial charge in [0, 0.05) is 36.9 Å². The lowest BCUT2D eigenvalue weighted by Gasteiger charge is -2.37. The molecule has 4 N–H and O–H groups in total. The monoisotopic (exact) mass is 458 g/mol. The molecule has 1 aliphatic heterocycles. The molecule has 0 bridgehead atoms.